The van der Waals surface area contributed by atoms with E-state index < -0.39 is 15.4 Å². The van der Waals surface area contributed by atoms with E-state index >= 15 is 0 Å². The number of benzene rings is 3. The van der Waals surface area contributed by atoms with Crippen molar-refractivity contribution in [1.82, 2.24) is 0 Å². The van der Waals surface area contributed by atoms with Gasteiger partial charge in [0.2, 0.25) is 5.88 Å². The van der Waals surface area contributed by atoms with E-state index in [1.165, 1.54) is 12.2 Å². The summed E-state index contributed by atoms with van der Waals surface area (Å²) in [5, 5.41) is 19.1. The Morgan fingerprint density at radius 2 is 1.78 bits per heavy atom. The second kappa shape index (κ2) is 12.7. The standard InChI is InChI=1S/C30H20Cl2N4O4S/c1-35-25(19-34)30(21-8-5-9-23(31)16-21)22(18-33)10-13-29-36(26-17-24(32)11-12-27(26)40-29)15-14-28(41(37,38)39)20-6-3-2-4-7-20/h2-13,16-17,28H,14-15H2,(H,37,38,39)/p-1/b22-10+,29-13-,30-25+. The van der Waals surface area contributed by atoms with E-state index in [0.29, 0.717) is 32.6 Å². The van der Waals surface area contributed by atoms with Crippen molar-refractivity contribution < 1.29 is 17.7 Å². The molecular formula is C30H19Cl2N4O4S-. The van der Waals surface area contributed by atoms with E-state index in [4.69, 9.17) is 34.5 Å². The minimum absolute atomic E-state index is 0.00541. The normalized spacial score (nSPS) is 15.2. The van der Waals surface area contributed by atoms with Gasteiger partial charge in [-0.3, -0.25) is 0 Å². The molecule has 1 aliphatic rings. The fourth-order valence-corrected chi connectivity index (χ4v) is 5.59. The van der Waals surface area contributed by atoms with E-state index in [1.807, 2.05) is 12.1 Å². The molecule has 11 heteroatoms. The lowest BCUT2D eigenvalue weighted by molar-refractivity contribution is 0.430. The molecule has 0 spiro atoms. The molecule has 0 saturated heterocycles. The van der Waals surface area contributed by atoms with Crippen molar-refractivity contribution in [2.24, 2.45) is 0 Å². The highest BCUT2D eigenvalue weighted by atomic mass is 35.5. The van der Waals surface area contributed by atoms with Crippen molar-refractivity contribution in [2.75, 3.05) is 11.4 Å². The van der Waals surface area contributed by atoms with Gasteiger partial charge in [-0.05, 0) is 54.0 Å². The first kappa shape index (κ1) is 29.4. The number of fused-ring (bicyclic) bond motifs is 1. The summed E-state index contributed by atoms with van der Waals surface area (Å²) >= 11 is 12.4. The van der Waals surface area contributed by atoms with Gasteiger partial charge in [0.05, 0.1) is 35.2 Å². The van der Waals surface area contributed by atoms with Gasteiger partial charge in [0.15, 0.2) is 5.75 Å². The van der Waals surface area contributed by atoms with E-state index in [2.05, 4.69) is 4.85 Å². The molecule has 41 heavy (non-hydrogen) atoms. The number of halogens is 2. The van der Waals surface area contributed by atoms with Crippen LogP contribution in [0.4, 0.5) is 5.69 Å². The number of nitriles is 2. The molecule has 1 unspecified atom stereocenters. The van der Waals surface area contributed by atoms with Gasteiger partial charge in [0.25, 0.3) is 5.70 Å². The Balaban J connectivity index is 1.77. The molecule has 0 aromatic heterocycles. The summed E-state index contributed by atoms with van der Waals surface area (Å²) in [5.74, 6) is 0.648. The van der Waals surface area contributed by atoms with Gasteiger partial charge in [-0.25, -0.2) is 18.5 Å². The predicted molar refractivity (Wildman–Crippen MR) is 155 cm³/mol. The molecule has 1 aliphatic heterocycles. The van der Waals surface area contributed by atoms with Crippen molar-refractivity contribution in [3.63, 3.8) is 0 Å². The van der Waals surface area contributed by atoms with Crippen LogP contribution < -0.4 is 9.64 Å². The molecule has 0 aliphatic carbocycles. The van der Waals surface area contributed by atoms with Crippen LogP contribution in [0.25, 0.3) is 10.4 Å². The lowest BCUT2D eigenvalue weighted by Crippen LogP contribution is -2.25. The topological polar surface area (TPSA) is 122 Å². The largest absolute Gasteiger partial charge is 0.747 e. The van der Waals surface area contributed by atoms with E-state index in [0.717, 1.165) is 0 Å². The molecule has 8 nitrogen and oxygen atoms in total. The number of allylic oxidation sites excluding steroid dienone is 5. The van der Waals surface area contributed by atoms with Crippen molar-refractivity contribution in [2.45, 2.75) is 11.7 Å². The Morgan fingerprint density at radius 1 is 1.05 bits per heavy atom. The summed E-state index contributed by atoms with van der Waals surface area (Å²) in [4.78, 5) is 4.94. The predicted octanol–water partition coefficient (Wildman–Crippen LogP) is 7.01. The number of anilines is 1. The summed E-state index contributed by atoms with van der Waals surface area (Å²) in [6.07, 6.45) is 2.80. The minimum atomic E-state index is -4.70. The second-order valence-electron chi connectivity index (χ2n) is 8.70. The van der Waals surface area contributed by atoms with Crippen molar-refractivity contribution >= 4 is 44.6 Å². The highest BCUT2D eigenvalue weighted by Gasteiger charge is 2.29. The fourth-order valence-electron chi connectivity index (χ4n) is 4.35. The highest BCUT2D eigenvalue weighted by Crippen LogP contribution is 2.42. The van der Waals surface area contributed by atoms with E-state index in [-0.39, 0.29) is 35.7 Å². The fraction of sp³-hybridized carbons (Fsp3) is 0.100. The zero-order valence-electron chi connectivity index (χ0n) is 21.2. The quantitative estimate of drug-likeness (QED) is 0.118. The van der Waals surface area contributed by atoms with Gasteiger partial charge in [-0.1, -0.05) is 65.7 Å². The molecular weight excluding hydrogens is 583 g/mol. The van der Waals surface area contributed by atoms with Crippen LogP contribution in [0.1, 0.15) is 22.8 Å². The van der Waals surface area contributed by atoms with Crippen LogP contribution >= 0.6 is 23.2 Å². The third kappa shape index (κ3) is 6.78. The van der Waals surface area contributed by atoms with E-state index in [1.54, 1.807) is 77.7 Å². The zero-order chi connectivity index (χ0) is 29.6. The number of hydrogen-bond donors (Lipinski definition) is 0. The average molecular weight is 602 g/mol. The molecule has 0 N–H and O–H groups in total. The maximum Gasteiger partial charge on any atom is 0.270 e. The summed E-state index contributed by atoms with van der Waals surface area (Å²) in [7, 11) is -4.70. The zero-order valence-corrected chi connectivity index (χ0v) is 23.5. The molecule has 204 valence electrons. The summed E-state index contributed by atoms with van der Waals surface area (Å²) in [5.41, 5.74) is 1.09. The van der Waals surface area contributed by atoms with Crippen LogP contribution in [0, 0.1) is 29.2 Å². The third-order valence-electron chi connectivity index (χ3n) is 6.18. The van der Waals surface area contributed by atoms with Crippen molar-refractivity contribution in [3.8, 4) is 17.9 Å². The monoisotopic (exact) mass is 601 g/mol. The minimum Gasteiger partial charge on any atom is -0.747 e. The average Bonchev–Trinajstić information content (AvgIpc) is 3.29. The van der Waals surface area contributed by atoms with Gasteiger partial charge in [0, 0.05) is 28.2 Å². The first-order chi connectivity index (χ1) is 19.7. The van der Waals surface area contributed by atoms with Gasteiger partial charge in [-0.2, -0.15) is 5.26 Å². The van der Waals surface area contributed by atoms with Crippen molar-refractivity contribution in [3.05, 3.63) is 135 Å². The van der Waals surface area contributed by atoms with Crippen LogP contribution in [0.15, 0.2) is 102 Å². The molecule has 3 aromatic carbocycles. The third-order valence-corrected chi connectivity index (χ3v) is 7.85. The Kier molecular flexibility index (Phi) is 9.14. The van der Waals surface area contributed by atoms with Crippen LogP contribution in [0.2, 0.25) is 10.0 Å². The Morgan fingerprint density at radius 3 is 2.41 bits per heavy atom. The summed E-state index contributed by atoms with van der Waals surface area (Å²) in [6, 6.07) is 23.4. The maximum absolute atomic E-state index is 12.2. The second-order valence-corrected chi connectivity index (χ2v) is 11.1. The van der Waals surface area contributed by atoms with Crippen LogP contribution in [0.3, 0.4) is 0 Å². The lowest BCUT2D eigenvalue weighted by Gasteiger charge is -2.25. The van der Waals surface area contributed by atoms with Gasteiger partial charge >= 0.3 is 0 Å². The molecule has 3 aromatic rings. The molecule has 0 bridgehead atoms. The molecule has 1 heterocycles. The molecule has 0 radical (unpaired) electrons. The number of ether oxygens (including phenoxy) is 1. The first-order valence-corrected chi connectivity index (χ1v) is 14.2. The Bertz CT molecular complexity index is 1800. The summed E-state index contributed by atoms with van der Waals surface area (Å²) in [6.45, 7) is 7.51. The van der Waals surface area contributed by atoms with Crippen molar-refractivity contribution in [1.29, 1.82) is 10.5 Å². The molecule has 0 saturated carbocycles. The number of hydrogen-bond acceptors (Lipinski definition) is 7. The van der Waals surface area contributed by atoms with Crippen LogP contribution in [-0.4, -0.2) is 19.5 Å². The molecule has 1 atom stereocenters. The molecule has 0 amide bonds. The molecule has 4 rings (SSSR count). The first-order valence-electron chi connectivity index (χ1n) is 12.0. The maximum atomic E-state index is 12.2. The number of nitrogens with zero attached hydrogens (tertiary/aromatic N) is 4. The smallest absolute Gasteiger partial charge is 0.270 e. The van der Waals surface area contributed by atoms with Crippen LogP contribution in [-0.2, 0) is 10.1 Å². The Labute approximate surface area is 247 Å². The van der Waals surface area contributed by atoms with Crippen LogP contribution in [0.5, 0.6) is 5.75 Å². The van der Waals surface area contributed by atoms with Gasteiger partial charge in [0.1, 0.15) is 10.1 Å². The SMILES string of the molecule is [C-]#[N+]/C(C#N)=C(/C(C#N)=C/C=C1\Oc2ccc(Cl)cc2N1CCC(c1ccccc1)S(=O)(=O)[O-])c1cccc(Cl)c1. The highest BCUT2D eigenvalue weighted by molar-refractivity contribution is 7.86. The van der Waals surface area contributed by atoms with E-state index in [9.17, 15) is 23.5 Å². The summed E-state index contributed by atoms with van der Waals surface area (Å²) < 4.78 is 42.5. The lowest BCUT2D eigenvalue weighted by atomic mass is 9.96. The van der Waals surface area contributed by atoms with Gasteiger partial charge in [-0.15, -0.1) is 0 Å². The Hall–Kier alpha value is -4.56. The molecule has 0 fully saturated rings. The number of rotatable bonds is 8. The van der Waals surface area contributed by atoms with Gasteiger partial charge < -0.3 is 14.2 Å².